The van der Waals surface area contributed by atoms with E-state index in [-0.39, 0.29) is 5.91 Å². The molecule has 7 nitrogen and oxygen atoms in total. The highest BCUT2D eigenvalue weighted by atomic mass is 16.5. The molecule has 0 bridgehead atoms. The van der Waals surface area contributed by atoms with Crippen LogP contribution in [0.1, 0.15) is 30.1 Å². The molecule has 0 aliphatic rings. The van der Waals surface area contributed by atoms with Crippen LogP contribution in [0.2, 0.25) is 0 Å². The molecular weight excluding hydrogens is 426 g/mol. The molecule has 3 aromatic carbocycles. The minimum atomic E-state index is -0.113. The zero-order valence-corrected chi connectivity index (χ0v) is 19.1. The number of fused-ring (bicyclic) bond motifs is 4. The molecule has 7 heteroatoms. The second kappa shape index (κ2) is 9.39. The molecule has 0 atom stereocenters. The number of anilines is 1. The van der Waals surface area contributed by atoms with Gasteiger partial charge in [-0.05, 0) is 42.7 Å². The van der Waals surface area contributed by atoms with Crippen molar-refractivity contribution in [1.29, 1.82) is 0 Å². The smallest absolute Gasteiger partial charge is 0.255 e. The second-order valence-electron chi connectivity index (χ2n) is 8.21. The first-order valence-electron chi connectivity index (χ1n) is 11.6. The Morgan fingerprint density at radius 3 is 2.68 bits per heavy atom. The topological polar surface area (TPSA) is 95.1 Å². The number of carbonyl (C=O) groups excluding carboxylic acids is 1. The number of carbonyl (C=O) groups is 1. The van der Waals surface area contributed by atoms with Crippen molar-refractivity contribution in [1.82, 2.24) is 19.9 Å². The van der Waals surface area contributed by atoms with Gasteiger partial charge >= 0.3 is 0 Å². The van der Waals surface area contributed by atoms with Gasteiger partial charge in [0.05, 0.1) is 29.5 Å². The third-order valence-corrected chi connectivity index (χ3v) is 6.01. The summed E-state index contributed by atoms with van der Waals surface area (Å²) >= 11 is 0. The molecule has 0 unspecified atom stereocenters. The molecule has 0 radical (unpaired) electrons. The largest absolute Gasteiger partial charge is 0.493 e. The molecule has 34 heavy (non-hydrogen) atoms. The number of nitrogens with two attached hydrogens (primary N) is 1. The second-order valence-corrected chi connectivity index (χ2v) is 8.21. The minimum Gasteiger partial charge on any atom is -0.493 e. The van der Waals surface area contributed by atoms with Gasteiger partial charge in [0, 0.05) is 18.5 Å². The van der Waals surface area contributed by atoms with Crippen molar-refractivity contribution < 1.29 is 9.53 Å². The molecule has 3 N–H and O–H groups in total. The van der Waals surface area contributed by atoms with Gasteiger partial charge in [0.25, 0.3) is 5.91 Å². The molecule has 5 aromatic rings. The van der Waals surface area contributed by atoms with Gasteiger partial charge in [-0.1, -0.05) is 48.5 Å². The van der Waals surface area contributed by atoms with Gasteiger partial charge in [-0.15, -0.1) is 0 Å². The van der Waals surface area contributed by atoms with E-state index in [0.717, 1.165) is 52.1 Å². The summed E-state index contributed by atoms with van der Waals surface area (Å²) in [7, 11) is 0. The van der Waals surface area contributed by atoms with Crippen LogP contribution in [0.4, 0.5) is 5.82 Å². The zero-order valence-electron chi connectivity index (χ0n) is 19.1. The monoisotopic (exact) mass is 453 g/mol. The first-order valence-corrected chi connectivity index (χ1v) is 11.6. The molecule has 0 saturated carbocycles. The van der Waals surface area contributed by atoms with Crippen molar-refractivity contribution in [2.75, 3.05) is 18.9 Å². The van der Waals surface area contributed by atoms with E-state index in [1.165, 1.54) is 0 Å². The third kappa shape index (κ3) is 4.01. The molecular formula is C27H27N5O2. The fraction of sp³-hybridized carbons (Fsp3) is 0.222. The molecule has 0 saturated heterocycles. The third-order valence-electron chi connectivity index (χ3n) is 6.01. The van der Waals surface area contributed by atoms with Crippen LogP contribution in [-0.4, -0.2) is 33.6 Å². The summed E-state index contributed by atoms with van der Waals surface area (Å²) in [6, 6.07) is 19.7. The molecule has 2 aromatic heterocycles. The average molecular weight is 454 g/mol. The van der Waals surface area contributed by atoms with Crippen LogP contribution in [0.5, 0.6) is 5.75 Å². The molecule has 0 aliphatic heterocycles. The van der Waals surface area contributed by atoms with Crippen molar-refractivity contribution in [2.24, 2.45) is 0 Å². The van der Waals surface area contributed by atoms with Crippen LogP contribution < -0.4 is 15.8 Å². The van der Waals surface area contributed by atoms with Crippen LogP contribution in [0.25, 0.3) is 32.7 Å². The van der Waals surface area contributed by atoms with Gasteiger partial charge in [0.15, 0.2) is 5.82 Å². The fourth-order valence-electron chi connectivity index (χ4n) is 4.43. The number of ether oxygens (including phenoxy) is 1. The number of aromatic nitrogens is 3. The summed E-state index contributed by atoms with van der Waals surface area (Å²) < 4.78 is 7.86. The lowest BCUT2D eigenvalue weighted by Gasteiger charge is -2.14. The number of nitrogens with one attached hydrogen (secondary N) is 1. The van der Waals surface area contributed by atoms with Crippen molar-refractivity contribution in [2.45, 2.75) is 26.3 Å². The Bertz CT molecular complexity index is 1490. The Labute approximate surface area is 197 Å². The van der Waals surface area contributed by atoms with Gasteiger partial charge in [0.1, 0.15) is 11.3 Å². The number of para-hydroxylation sites is 1. The van der Waals surface area contributed by atoms with Crippen molar-refractivity contribution >= 4 is 44.4 Å². The Hall–Kier alpha value is -4.13. The predicted molar refractivity (Wildman–Crippen MR) is 136 cm³/mol. The average Bonchev–Trinajstić information content (AvgIpc) is 3.29. The summed E-state index contributed by atoms with van der Waals surface area (Å²) in [4.78, 5) is 22.0. The molecule has 172 valence electrons. The van der Waals surface area contributed by atoms with Crippen LogP contribution in [-0.2, 0) is 6.54 Å². The number of amides is 1. The number of benzene rings is 3. The van der Waals surface area contributed by atoms with E-state index in [2.05, 4.69) is 19.9 Å². The highest BCUT2D eigenvalue weighted by Crippen LogP contribution is 2.29. The van der Waals surface area contributed by atoms with E-state index in [0.29, 0.717) is 30.3 Å². The first kappa shape index (κ1) is 21.7. The van der Waals surface area contributed by atoms with E-state index in [1.807, 2.05) is 73.9 Å². The van der Waals surface area contributed by atoms with Crippen molar-refractivity contribution in [3.8, 4) is 5.75 Å². The number of hydrogen-bond acceptors (Lipinski definition) is 5. The summed E-state index contributed by atoms with van der Waals surface area (Å²) in [5, 5.41) is 6.03. The van der Waals surface area contributed by atoms with Gasteiger partial charge in [-0.25, -0.2) is 9.97 Å². The molecule has 5 rings (SSSR count). The van der Waals surface area contributed by atoms with E-state index in [4.69, 9.17) is 10.5 Å². The van der Waals surface area contributed by atoms with Crippen molar-refractivity contribution in [3.05, 3.63) is 72.6 Å². The number of pyridine rings is 1. The van der Waals surface area contributed by atoms with E-state index < -0.39 is 0 Å². The Morgan fingerprint density at radius 2 is 1.82 bits per heavy atom. The Balaban J connectivity index is 1.27. The zero-order chi connectivity index (χ0) is 23.5. The molecule has 0 spiro atoms. The quantitative estimate of drug-likeness (QED) is 0.325. The van der Waals surface area contributed by atoms with E-state index in [1.54, 1.807) is 0 Å². The number of nitrogens with zero attached hydrogens (tertiary/aromatic N) is 3. The predicted octanol–water partition coefficient (Wildman–Crippen LogP) is 4.93. The van der Waals surface area contributed by atoms with Gasteiger partial charge in [-0.3, -0.25) is 4.79 Å². The Kier molecular flexibility index (Phi) is 5.99. The standard InChI is InChI=1S/C27H27N5O2/c1-2-34-22-14-13-18-9-3-4-10-19(18)23(22)27(33)29-15-7-8-16-32-17-30-24-25(32)20-11-5-6-12-21(20)31-26(24)28/h3-6,9-14,17H,2,7-8,15-16H2,1H3,(H2,28,31)(H,29,33). The number of rotatable bonds is 8. The molecule has 2 heterocycles. The molecule has 1 amide bonds. The fourth-order valence-corrected chi connectivity index (χ4v) is 4.43. The summed E-state index contributed by atoms with van der Waals surface area (Å²) in [6.45, 7) is 3.78. The maximum absolute atomic E-state index is 13.1. The minimum absolute atomic E-state index is 0.113. The lowest BCUT2D eigenvalue weighted by molar-refractivity contribution is 0.0951. The summed E-state index contributed by atoms with van der Waals surface area (Å²) in [5.74, 6) is 0.944. The lowest BCUT2D eigenvalue weighted by atomic mass is 10.0. The van der Waals surface area contributed by atoms with Crippen LogP contribution in [0.15, 0.2) is 67.0 Å². The van der Waals surface area contributed by atoms with E-state index >= 15 is 0 Å². The van der Waals surface area contributed by atoms with E-state index in [9.17, 15) is 4.79 Å². The van der Waals surface area contributed by atoms with Crippen LogP contribution >= 0.6 is 0 Å². The highest BCUT2D eigenvalue weighted by Gasteiger charge is 2.16. The van der Waals surface area contributed by atoms with Gasteiger partial charge in [-0.2, -0.15) is 0 Å². The van der Waals surface area contributed by atoms with Crippen LogP contribution in [0, 0.1) is 0 Å². The number of imidazole rings is 1. The van der Waals surface area contributed by atoms with Crippen molar-refractivity contribution in [3.63, 3.8) is 0 Å². The van der Waals surface area contributed by atoms with Gasteiger partial charge in [0.2, 0.25) is 0 Å². The number of nitrogen functional groups attached to an aromatic ring is 1. The maximum atomic E-state index is 13.1. The van der Waals surface area contributed by atoms with Gasteiger partial charge < -0.3 is 20.4 Å². The molecule has 0 aliphatic carbocycles. The molecule has 0 fully saturated rings. The maximum Gasteiger partial charge on any atom is 0.255 e. The SMILES string of the molecule is CCOc1ccc2ccccc2c1C(=O)NCCCCn1cnc2c(N)nc3ccccc3c21. The number of unbranched alkanes of at least 4 members (excludes halogenated alkanes) is 1. The first-order chi connectivity index (χ1) is 16.7. The summed E-state index contributed by atoms with van der Waals surface area (Å²) in [6.07, 6.45) is 3.53. The normalized spacial score (nSPS) is 11.3. The Morgan fingerprint density at radius 1 is 1.03 bits per heavy atom. The summed E-state index contributed by atoms with van der Waals surface area (Å²) in [5.41, 5.74) is 9.32. The lowest BCUT2D eigenvalue weighted by Crippen LogP contribution is -2.25. The number of hydrogen-bond donors (Lipinski definition) is 2. The number of aryl methyl sites for hydroxylation is 1. The van der Waals surface area contributed by atoms with Crippen LogP contribution in [0.3, 0.4) is 0 Å². The highest BCUT2D eigenvalue weighted by molar-refractivity contribution is 6.09.